The van der Waals surface area contributed by atoms with E-state index >= 15 is 0 Å². The molecule has 2 rings (SSSR count). The molecule has 0 radical (unpaired) electrons. The van der Waals surface area contributed by atoms with Crippen LogP contribution in [0.1, 0.15) is 25.7 Å². The molecule has 9 heteroatoms. The summed E-state index contributed by atoms with van der Waals surface area (Å²) in [6, 6.07) is 4.64. The second-order valence-corrected chi connectivity index (χ2v) is 8.72. The monoisotopic (exact) mass is 408 g/mol. The molecule has 0 saturated carbocycles. The van der Waals surface area contributed by atoms with Gasteiger partial charge < -0.3 is 10.1 Å². The minimum Gasteiger partial charge on any atom is -0.376 e. The molecule has 140 valence electrons. The molecule has 25 heavy (non-hydrogen) atoms. The van der Waals surface area contributed by atoms with Gasteiger partial charge in [-0.2, -0.15) is 0 Å². The van der Waals surface area contributed by atoms with E-state index in [1.807, 2.05) is 0 Å². The molecule has 0 spiro atoms. The lowest BCUT2D eigenvalue weighted by molar-refractivity contribution is -0.121. The Morgan fingerprint density at radius 2 is 2.16 bits per heavy atom. The maximum atomic E-state index is 12.1. The summed E-state index contributed by atoms with van der Waals surface area (Å²) >= 11 is 12.0. The minimum absolute atomic E-state index is 0.0849. The van der Waals surface area contributed by atoms with Crippen molar-refractivity contribution in [3.8, 4) is 0 Å². The maximum absolute atomic E-state index is 12.1. The maximum Gasteiger partial charge on any atom is 0.232 e. The Morgan fingerprint density at radius 1 is 1.40 bits per heavy atom. The summed E-state index contributed by atoms with van der Waals surface area (Å²) in [7, 11) is -3.54. The van der Waals surface area contributed by atoms with Crippen molar-refractivity contribution in [1.82, 2.24) is 5.32 Å². The first kappa shape index (κ1) is 20.3. The van der Waals surface area contributed by atoms with Gasteiger partial charge >= 0.3 is 0 Å². The number of rotatable bonds is 8. The van der Waals surface area contributed by atoms with Crippen molar-refractivity contribution < 1.29 is 17.9 Å². The van der Waals surface area contributed by atoms with Crippen LogP contribution in [0.3, 0.4) is 0 Å². The van der Waals surface area contributed by atoms with Gasteiger partial charge in [-0.1, -0.05) is 23.2 Å². The number of halogens is 2. The molecule has 1 amide bonds. The van der Waals surface area contributed by atoms with Crippen LogP contribution in [0.5, 0.6) is 0 Å². The molecule has 0 aromatic heterocycles. The van der Waals surface area contributed by atoms with Gasteiger partial charge in [0.1, 0.15) is 0 Å². The summed E-state index contributed by atoms with van der Waals surface area (Å²) in [5, 5.41) is 3.50. The third kappa shape index (κ3) is 6.33. The lowest BCUT2D eigenvalue weighted by Gasteiger charge is -2.23. The highest BCUT2D eigenvalue weighted by Crippen LogP contribution is 2.30. The Kier molecular flexibility index (Phi) is 7.37. The number of benzene rings is 1. The van der Waals surface area contributed by atoms with Crippen molar-refractivity contribution in [2.45, 2.75) is 31.8 Å². The van der Waals surface area contributed by atoms with E-state index in [1.54, 1.807) is 12.1 Å². The lowest BCUT2D eigenvalue weighted by atomic mass is 10.2. The summed E-state index contributed by atoms with van der Waals surface area (Å²) in [4.78, 5) is 11.9. The van der Waals surface area contributed by atoms with Crippen LogP contribution in [0.25, 0.3) is 0 Å². The fourth-order valence-electron chi connectivity index (χ4n) is 2.65. The van der Waals surface area contributed by atoms with E-state index in [0.29, 0.717) is 23.7 Å². The van der Waals surface area contributed by atoms with E-state index in [9.17, 15) is 13.2 Å². The molecule has 1 atom stereocenters. The van der Waals surface area contributed by atoms with E-state index < -0.39 is 10.0 Å². The van der Waals surface area contributed by atoms with Crippen LogP contribution < -0.4 is 9.62 Å². The number of sulfonamides is 1. The predicted octanol–water partition coefficient (Wildman–Crippen LogP) is 2.83. The molecule has 1 heterocycles. The van der Waals surface area contributed by atoms with Gasteiger partial charge in [-0.25, -0.2) is 8.42 Å². The standard InChI is InChI=1S/C16H22Cl2N2O4S/c1-25(22,23)20(15-10-12(17)6-7-14(15)18)8-2-5-16(21)19-11-13-4-3-9-24-13/h6-7,10,13H,2-5,8-9,11H2,1H3,(H,19,21)/t13-/m1/s1. The van der Waals surface area contributed by atoms with Crippen LogP contribution in [-0.2, 0) is 19.6 Å². The van der Waals surface area contributed by atoms with Crippen LogP contribution >= 0.6 is 23.2 Å². The molecule has 1 aliphatic rings. The molecule has 1 aliphatic heterocycles. The summed E-state index contributed by atoms with van der Waals surface area (Å²) in [5.74, 6) is -0.124. The van der Waals surface area contributed by atoms with Gasteiger partial charge in [0.25, 0.3) is 0 Å². The number of nitrogens with one attached hydrogen (secondary N) is 1. The first-order valence-electron chi connectivity index (χ1n) is 8.08. The summed E-state index contributed by atoms with van der Waals surface area (Å²) in [6.45, 7) is 1.38. The van der Waals surface area contributed by atoms with Gasteiger partial charge in [0.15, 0.2) is 0 Å². The number of nitrogens with zero attached hydrogens (tertiary/aromatic N) is 1. The lowest BCUT2D eigenvalue weighted by Crippen LogP contribution is -2.34. The van der Waals surface area contributed by atoms with Crippen molar-refractivity contribution in [2.24, 2.45) is 0 Å². The molecule has 0 unspecified atom stereocenters. The highest BCUT2D eigenvalue weighted by Gasteiger charge is 2.21. The van der Waals surface area contributed by atoms with Crippen molar-refractivity contribution in [3.63, 3.8) is 0 Å². The Labute approximate surface area is 158 Å². The van der Waals surface area contributed by atoms with Gasteiger partial charge in [-0.15, -0.1) is 0 Å². The topological polar surface area (TPSA) is 75.7 Å². The predicted molar refractivity (Wildman–Crippen MR) is 99.9 cm³/mol. The molecule has 1 saturated heterocycles. The summed E-state index contributed by atoms with van der Waals surface area (Å²) in [6.07, 6.45) is 3.74. The number of carbonyl (C=O) groups excluding carboxylic acids is 1. The van der Waals surface area contributed by atoms with Crippen molar-refractivity contribution >= 4 is 44.8 Å². The fraction of sp³-hybridized carbons (Fsp3) is 0.562. The minimum atomic E-state index is -3.54. The number of amides is 1. The number of anilines is 1. The Hall–Kier alpha value is -1.02. The zero-order valence-corrected chi connectivity index (χ0v) is 16.3. The Morgan fingerprint density at radius 3 is 2.80 bits per heavy atom. The molecule has 6 nitrogen and oxygen atoms in total. The first-order valence-corrected chi connectivity index (χ1v) is 10.7. The van der Waals surface area contributed by atoms with Crippen LogP contribution in [0.4, 0.5) is 5.69 Å². The van der Waals surface area contributed by atoms with Gasteiger partial charge in [0.2, 0.25) is 15.9 Å². The molecular formula is C16H22Cl2N2O4S. The van der Waals surface area contributed by atoms with Crippen molar-refractivity contribution in [2.75, 3.05) is 30.3 Å². The smallest absolute Gasteiger partial charge is 0.232 e. The van der Waals surface area contributed by atoms with E-state index in [1.165, 1.54) is 10.4 Å². The SMILES string of the molecule is CS(=O)(=O)N(CCCC(=O)NC[C@H]1CCCO1)c1cc(Cl)ccc1Cl. The zero-order valence-electron chi connectivity index (χ0n) is 14.0. The average molecular weight is 409 g/mol. The van der Waals surface area contributed by atoms with Gasteiger partial charge in [0.05, 0.1) is 23.1 Å². The van der Waals surface area contributed by atoms with E-state index in [4.69, 9.17) is 27.9 Å². The number of ether oxygens (including phenoxy) is 1. The Bertz CT molecular complexity index is 706. The first-order chi connectivity index (χ1) is 11.8. The zero-order chi connectivity index (χ0) is 18.4. The van der Waals surface area contributed by atoms with E-state index in [0.717, 1.165) is 25.7 Å². The molecule has 1 N–H and O–H groups in total. The van der Waals surface area contributed by atoms with Crippen LogP contribution in [0, 0.1) is 0 Å². The second-order valence-electron chi connectivity index (χ2n) is 5.97. The second kappa shape index (κ2) is 9.07. The third-order valence-corrected chi connectivity index (χ3v) is 5.63. The molecule has 0 aliphatic carbocycles. The van der Waals surface area contributed by atoms with E-state index in [2.05, 4.69) is 5.32 Å². The average Bonchev–Trinajstić information content (AvgIpc) is 3.04. The molecule has 1 aromatic rings. The van der Waals surface area contributed by atoms with Gasteiger partial charge in [-0.05, 0) is 37.5 Å². The van der Waals surface area contributed by atoms with Gasteiger partial charge in [0, 0.05) is 31.1 Å². The molecule has 1 fully saturated rings. The van der Waals surface area contributed by atoms with Crippen LogP contribution in [-0.4, -0.2) is 46.4 Å². The van der Waals surface area contributed by atoms with Crippen molar-refractivity contribution in [1.29, 1.82) is 0 Å². The summed E-state index contributed by atoms with van der Waals surface area (Å²) < 4.78 is 30.8. The Balaban J connectivity index is 1.90. The largest absolute Gasteiger partial charge is 0.376 e. The highest BCUT2D eigenvalue weighted by atomic mass is 35.5. The third-order valence-electron chi connectivity index (χ3n) is 3.89. The van der Waals surface area contributed by atoms with Crippen molar-refractivity contribution in [3.05, 3.63) is 28.2 Å². The normalized spacial score (nSPS) is 17.5. The van der Waals surface area contributed by atoms with Crippen LogP contribution in [0.15, 0.2) is 18.2 Å². The molecule has 0 bridgehead atoms. The highest BCUT2D eigenvalue weighted by molar-refractivity contribution is 7.92. The summed E-state index contributed by atoms with van der Waals surface area (Å²) in [5.41, 5.74) is 0.316. The number of hydrogen-bond acceptors (Lipinski definition) is 4. The van der Waals surface area contributed by atoms with Gasteiger partial charge in [-0.3, -0.25) is 9.10 Å². The quantitative estimate of drug-likeness (QED) is 0.717. The molecule has 1 aromatic carbocycles. The van der Waals surface area contributed by atoms with Crippen LogP contribution in [0.2, 0.25) is 10.0 Å². The fourth-order valence-corrected chi connectivity index (χ4v) is 4.05. The number of carbonyl (C=O) groups is 1. The number of hydrogen-bond donors (Lipinski definition) is 1. The van der Waals surface area contributed by atoms with E-state index in [-0.39, 0.29) is 30.0 Å². The molecular weight excluding hydrogens is 387 g/mol.